The van der Waals surface area contributed by atoms with Crippen molar-refractivity contribution in [1.29, 1.82) is 0 Å². The van der Waals surface area contributed by atoms with Crippen molar-refractivity contribution in [3.8, 4) is 5.75 Å². The van der Waals surface area contributed by atoms with Gasteiger partial charge in [0.05, 0.1) is 18.4 Å². The number of amides is 1. The van der Waals surface area contributed by atoms with Crippen molar-refractivity contribution in [3.63, 3.8) is 0 Å². The Morgan fingerprint density at radius 3 is 2.48 bits per heavy atom. The number of carbonyl (C=O) groups excluding carboxylic acids is 1. The minimum atomic E-state index is -0.815. The van der Waals surface area contributed by atoms with Crippen LogP contribution in [-0.4, -0.2) is 30.1 Å². The van der Waals surface area contributed by atoms with E-state index in [9.17, 15) is 9.59 Å². The SMILES string of the molecule is Cc1ccc(OCCC(=O)NCC2(C(=O)O)CCC2)cc1. The molecule has 1 fully saturated rings. The first kappa shape index (κ1) is 15.4. The van der Waals surface area contributed by atoms with Gasteiger partial charge in [-0.25, -0.2) is 0 Å². The monoisotopic (exact) mass is 291 g/mol. The number of carboxylic acid groups (broad SMARTS) is 1. The Kier molecular flexibility index (Phi) is 4.83. The predicted molar refractivity (Wildman–Crippen MR) is 78.2 cm³/mol. The summed E-state index contributed by atoms with van der Waals surface area (Å²) in [5, 5.41) is 11.9. The van der Waals surface area contributed by atoms with Gasteiger partial charge in [-0.3, -0.25) is 9.59 Å². The fraction of sp³-hybridized carbons (Fsp3) is 0.500. The van der Waals surface area contributed by atoms with Gasteiger partial charge < -0.3 is 15.2 Å². The van der Waals surface area contributed by atoms with E-state index < -0.39 is 11.4 Å². The zero-order valence-electron chi connectivity index (χ0n) is 12.2. The fourth-order valence-corrected chi connectivity index (χ4v) is 2.32. The van der Waals surface area contributed by atoms with Crippen LogP contribution >= 0.6 is 0 Å². The molecule has 0 saturated heterocycles. The van der Waals surface area contributed by atoms with E-state index >= 15 is 0 Å². The second-order valence-electron chi connectivity index (χ2n) is 5.63. The van der Waals surface area contributed by atoms with Crippen LogP contribution in [-0.2, 0) is 9.59 Å². The summed E-state index contributed by atoms with van der Waals surface area (Å²) < 4.78 is 5.47. The Bertz CT molecular complexity index is 506. The van der Waals surface area contributed by atoms with Crippen molar-refractivity contribution in [1.82, 2.24) is 5.32 Å². The maximum absolute atomic E-state index is 11.7. The molecule has 0 heterocycles. The molecule has 1 aliphatic rings. The highest BCUT2D eigenvalue weighted by Crippen LogP contribution is 2.40. The number of hydrogen-bond acceptors (Lipinski definition) is 3. The quantitative estimate of drug-likeness (QED) is 0.807. The minimum Gasteiger partial charge on any atom is -0.493 e. The Labute approximate surface area is 124 Å². The Morgan fingerprint density at radius 2 is 1.95 bits per heavy atom. The molecule has 1 aromatic rings. The molecule has 0 unspecified atom stereocenters. The lowest BCUT2D eigenvalue weighted by atomic mass is 9.69. The van der Waals surface area contributed by atoms with Crippen molar-refractivity contribution >= 4 is 11.9 Å². The number of aryl methyl sites for hydroxylation is 1. The first-order valence-corrected chi connectivity index (χ1v) is 7.21. The molecule has 0 aliphatic heterocycles. The summed E-state index contributed by atoms with van der Waals surface area (Å²) in [5.41, 5.74) is 0.410. The Balaban J connectivity index is 1.68. The molecule has 0 spiro atoms. The maximum atomic E-state index is 11.7. The average Bonchev–Trinajstić information content (AvgIpc) is 2.39. The second-order valence-corrected chi connectivity index (χ2v) is 5.63. The molecule has 21 heavy (non-hydrogen) atoms. The lowest BCUT2D eigenvalue weighted by molar-refractivity contribution is -0.154. The van der Waals surface area contributed by atoms with Crippen LogP contribution in [0.25, 0.3) is 0 Å². The summed E-state index contributed by atoms with van der Waals surface area (Å²) in [7, 11) is 0. The number of aliphatic carboxylic acids is 1. The number of ether oxygens (including phenoxy) is 1. The molecule has 5 nitrogen and oxygen atoms in total. The van der Waals surface area contributed by atoms with Crippen molar-refractivity contribution in [2.75, 3.05) is 13.2 Å². The van der Waals surface area contributed by atoms with Gasteiger partial charge in [0.2, 0.25) is 5.91 Å². The van der Waals surface area contributed by atoms with Crippen LogP contribution in [0.1, 0.15) is 31.2 Å². The van der Waals surface area contributed by atoms with Gasteiger partial charge in [-0.05, 0) is 31.9 Å². The number of carbonyl (C=O) groups is 2. The van der Waals surface area contributed by atoms with Crippen LogP contribution in [0.3, 0.4) is 0 Å². The highest BCUT2D eigenvalue weighted by atomic mass is 16.5. The zero-order chi connectivity index (χ0) is 15.3. The molecule has 114 valence electrons. The largest absolute Gasteiger partial charge is 0.493 e. The third-order valence-electron chi connectivity index (χ3n) is 4.01. The van der Waals surface area contributed by atoms with Crippen LogP contribution in [0, 0.1) is 12.3 Å². The molecule has 1 saturated carbocycles. The fourth-order valence-electron chi connectivity index (χ4n) is 2.32. The number of hydrogen-bond donors (Lipinski definition) is 2. The summed E-state index contributed by atoms with van der Waals surface area (Å²) in [6.45, 7) is 2.50. The van der Waals surface area contributed by atoms with Crippen LogP contribution in [0.5, 0.6) is 5.75 Å². The summed E-state index contributed by atoms with van der Waals surface area (Å²) in [4.78, 5) is 22.9. The average molecular weight is 291 g/mol. The zero-order valence-corrected chi connectivity index (χ0v) is 12.2. The van der Waals surface area contributed by atoms with Crippen molar-refractivity contribution in [3.05, 3.63) is 29.8 Å². The van der Waals surface area contributed by atoms with Gasteiger partial charge in [-0.2, -0.15) is 0 Å². The standard InChI is InChI=1S/C16H21NO4/c1-12-3-5-13(6-4-12)21-10-7-14(18)17-11-16(15(19)20)8-2-9-16/h3-6H,2,7-11H2,1H3,(H,17,18)(H,19,20). The summed E-state index contributed by atoms with van der Waals surface area (Å²) >= 11 is 0. The van der Waals surface area contributed by atoms with E-state index in [4.69, 9.17) is 9.84 Å². The van der Waals surface area contributed by atoms with Gasteiger partial charge in [0, 0.05) is 6.54 Å². The van der Waals surface area contributed by atoms with Crippen molar-refractivity contribution < 1.29 is 19.4 Å². The summed E-state index contributed by atoms with van der Waals surface area (Å²) in [6, 6.07) is 7.62. The van der Waals surface area contributed by atoms with Gasteiger partial charge in [-0.15, -0.1) is 0 Å². The van der Waals surface area contributed by atoms with E-state index in [2.05, 4.69) is 5.32 Å². The van der Waals surface area contributed by atoms with E-state index in [0.717, 1.165) is 17.7 Å². The van der Waals surface area contributed by atoms with E-state index in [-0.39, 0.29) is 25.5 Å². The number of nitrogens with one attached hydrogen (secondary N) is 1. The smallest absolute Gasteiger partial charge is 0.311 e. The second kappa shape index (κ2) is 6.61. The first-order valence-electron chi connectivity index (χ1n) is 7.21. The Morgan fingerprint density at radius 1 is 1.29 bits per heavy atom. The number of benzene rings is 1. The molecular formula is C16H21NO4. The number of rotatable bonds is 7. The first-order chi connectivity index (χ1) is 10.0. The van der Waals surface area contributed by atoms with Crippen LogP contribution in [0.15, 0.2) is 24.3 Å². The maximum Gasteiger partial charge on any atom is 0.311 e. The molecule has 5 heteroatoms. The van der Waals surface area contributed by atoms with Crippen LogP contribution in [0.2, 0.25) is 0 Å². The van der Waals surface area contributed by atoms with E-state index in [1.165, 1.54) is 0 Å². The molecule has 0 bridgehead atoms. The van der Waals surface area contributed by atoms with Gasteiger partial charge >= 0.3 is 5.97 Å². The Hall–Kier alpha value is -2.04. The van der Waals surface area contributed by atoms with Crippen LogP contribution in [0.4, 0.5) is 0 Å². The molecule has 1 aliphatic carbocycles. The number of carboxylic acids is 1. The lowest BCUT2D eigenvalue weighted by Gasteiger charge is -2.37. The third-order valence-corrected chi connectivity index (χ3v) is 4.01. The molecule has 1 amide bonds. The molecule has 0 atom stereocenters. The predicted octanol–water partition coefficient (Wildman–Crippen LogP) is 2.14. The van der Waals surface area contributed by atoms with E-state index in [1.54, 1.807) is 0 Å². The highest BCUT2D eigenvalue weighted by Gasteiger charge is 2.44. The van der Waals surface area contributed by atoms with Gasteiger partial charge in [0.25, 0.3) is 0 Å². The molecule has 0 radical (unpaired) electrons. The highest BCUT2D eigenvalue weighted by molar-refractivity contribution is 5.79. The van der Waals surface area contributed by atoms with E-state index in [1.807, 2.05) is 31.2 Å². The molecule has 2 rings (SSSR count). The third kappa shape index (κ3) is 3.97. The van der Waals surface area contributed by atoms with Crippen LogP contribution < -0.4 is 10.1 Å². The molecular weight excluding hydrogens is 270 g/mol. The van der Waals surface area contributed by atoms with Gasteiger partial charge in [0.1, 0.15) is 5.75 Å². The molecule has 0 aromatic heterocycles. The van der Waals surface area contributed by atoms with Crippen molar-refractivity contribution in [2.24, 2.45) is 5.41 Å². The topological polar surface area (TPSA) is 75.6 Å². The molecule has 2 N–H and O–H groups in total. The minimum absolute atomic E-state index is 0.172. The van der Waals surface area contributed by atoms with Crippen molar-refractivity contribution in [2.45, 2.75) is 32.6 Å². The molecule has 1 aromatic carbocycles. The van der Waals surface area contributed by atoms with Gasteiger partial charge in [-0.1, -0.05) is 24.1 Å². The normalized spacial score (nSPS) is 15.9. The summed E-state index contributed by atoms with van der Waals surface area (Å²) in [6.07, 6.45) is 2.42. The van der Waals surface area contributed by atoms with Gasteiger partial charge in [0.15, 0.2) is 0 Å². The summed E-state index contributed by atoms with van der Waals surface area (Å²) in [5.74, 6) is -0.256. The van der Waals surface area contributed by atoms with E-state index in [0.29, 0.717) is 12.8 Å². The lowest BCUT2D eigenvalue weighted by Crippen LogP contribution is -2.47.